The van der Waals surface area contributed by atoms with Crippen LogP contribution in [0.15, 0.2) is 30.5 Å². The lowest BCUT2D eigenvalue weighted by atomic mass is 10.3. The predicted molar refractivity (Wildman–Crippen MR) is 88.4 cm³/mol. The van der Waals surface area contributed by atoms with Crippen molar-refractivity contribution in [2.24, 2.45) is 0 Å². The highest BCUT2D eigenvalue weighted by atomic mass is 16.5. The fraction of sp³-hybridized carbons (Fsp3) is 0.375. The second kappa shape index (κ2) is 7.49. The lowest BCUT2D eigenvalue weighted by molar-refractivity contribution is 0.355. The van der Waals surface area contributed by atoms with Gasteiger partial charge in [-0.3, -0.25) is 0 Å². The van der Waals surface area contributed by atoms with Crippen molar-refractivity contribution in [1.82, 2.24) is 9.97 Å². The summed E-state index contributed by atoms with van der Waals surface area (Å²) in [6.07, 6.45) is 1.75. The minimum Gasteiger partial charge on any atom is -0.493 e. The van der Waals surface area contributed by atoms with Crippen LogP contribution < -0.4 is 19.7 Å². The van der Waals surface area contributed by atoms with Gasteiger partial charge >= 0.3 is 0 Å². The molecular formula is C16H22N4O2. The van der Waals surface area contributed by atoms with E-state index in [9.17, 15) is 0 Å². The molecule has 0 fully saturated rings. The molecule has 1 aromatic carbocycles. The molecule has 0 radical (unpaired) electrons. The highest BCUT2D eigenvalue weighted by Crippen LogP contribution is 2.30. The van der Waals surface area contributed by atoms with Crippen LogP contribution in [0.1, 0.15) is 13.8 Å². The third-order valence-corrected chi connectivity index (χ3v) is 3.37. The van der Waals surface area contributed by atoms with Crippen LogP contribution in [0.2, 0.25) is 0 Å². The molecule has 0 bridgehead atoms. The molecule has 2 aromatic rings. The molecule has 6 nitrogen and oxygen atoms in total. The number of methoxy groups -OCH3 is 2. The number of nitrogens with one attached hydrogen (secondary N) is 1. The van der Waals surface area contributed by atoms with Gasteiger partial charge in [0.25, 0.3) is 0 Å². The summed E-state index contributed by atoms with van der Waals surface area (Å²) in [5.74, 6) is 2.80. The molecule has 0 atom stereocenters. The van der Waals surface area contributed by atoms with E-state index in [4.69, 9.17) is 9.47 Å². The molecule has 0 aliphatic rings. The molecule has 0 aliphatic heterocycles. The van der Waals surface area contributed by atoms with Crippen LogP contribution in [0.3, 0.4) is 0 Å². The van der Waals surface area contributed by atoms with Gasteiger partial charge in [0.15, 0.2) is 11.5 Å². The Hall–Kier alpha value is -2.50. The molecule has 2 rings (SSSR count). The first kappa shape index (κ1) is 15.9. The lowest BCUT2D eigenvalue weighted by Crippen LogP contribution is -2.23. The largest absolute Gasteiger partial charge is 0.493 e. The lowest BCUT2D eigenvalue weighted by Gasteiger charge is -2.20. The predicted octanol–water partition coefficient (Wildman–Crippen LogP) is 3.08. The van der Waals surface area contributed by atoms with Crippen molar-refractivity contribution in [3.63, 3.8) is 0 Å². The Balaban J connectivity index is 2.22. The normalized spacial score (nSPS) is 10.2. The summed E-state index contributed by atoms with van der Waals surface area (Å²) in [6.45, 7) is 6.02. The number of hydrogen-bond acceptors (Lipinski definition) is 6. The molecule has 6 heteroatoms. The van der Waals surface area contributed by atoms with Gasteiger partial charge in [0.05, 0.1) is 14.2 Å². The minimum atomic E-state index is 0.552. The maximum Gasteiger partial charge on any atom is 0.229 e. The number of nitrogens with zero attached hydrogens (tertiary/aromatic N) is 3. The Morgan fingerprint density at radius 2 is 1.77 bits per heavy atom. The van der Waals surface area contributed by atoms with E-state index < -0.39 is 0 Å². The van der Waals surface area contributed by atoms with E-state index in [0.29, 0.717) is 17.4 Å². The van der Waals surface area contributed by atoms with Gasteiger partial charge in [0.1, 0.15) is 5.82 Å². The van der Waals surface area contributed by atoms with E-state index in [1.54, 1.807) is 20.4 Å². The molecule has 1 heterocycles. The second-order valence-corrected chi connectivity index (χ2v) is 4.61. The Kier molecular flexibility index (Phi) is 5.41. The number of anilines is 3. The third kappa shape index (κ3) is 3.58. The molecule has 118 valence electrons. The Morgan fingerprint density at radius 3 is 2.41 bits per heavy atom. The minimum absolute atomic E-state index is 0.552. The first-order chi connectivity index (χ1) is 10.7. The van der Waals surface area contributed by atoms with Crippen molar-refractivity contribution in [2.45, 2.75) is 13.8 Å². The Bertz CT molecular complexity index is 615. The van der Waals surface area contributed by atoms with Crippen molar-refractivity contribution >= 4 is 17.5 Å². The highest BCUT2D eigenvalue weighted by molar-refractivity contribution is 5.60. The zero-order valence-corrected chi connectivity index (χ0v) is 13.5. The van der Waals surface area contributed by atoms with Gasteiger partial charge < -0.3 is 19.7 Å². The molecule has 0 amide bonds. The van der Waals surface area contributed by atoms with Crippen LogP contribution in [0.25, 0.3) is 0 Å². The van der Waals surface area contributed by atoms with Crippen LogP contribution >= 0.6 is 0 Å². The molecular weight excluding hydrogens is 280 g/mol. The monoisotopic (exact) mass is 302 g/mol. The van der Waals surface area contributed by atoms with Crippen LogP contribution in [0.4, 0.5) is 17.5 Å². The first-order valence-electron chi connectivity index (χ1n) is 7.28. The van der Waals surface area contributed by atoms with E-state index in [0.717, 1.165) is 24.6 Å². The van der Waals surface area contributed by atoms with Crippen molar-refractivity contribution in [3.05, 3.63) is 30.5 Å². The fourth-order valence-electron chi connectivity index (χ4n) is 2.18. The summed E-state index contributed by atoms with van der Waals surface area (Å²) < 4.78 is 10.5. The summed E-state index contributed by atoms with van der Waals surface area (Å²) in [5.41, 5.74) is 0.842. The van der Waals surface area contributed by atoms with E-state index in [2.05, 4.69) is 34.0 Å². The Morgan fingerprint density at radius 1 is 1.05 bits per heavy atom. The van der Waals surface area contributed by atoms with E-state index in [1.807, 2.05) is 24.3 Å². The molecule has 1 aromatic heterocycles. The van der Waals surface area contributed by atoms with Gasteiger partial charge in [-0.1, -0.05) is 0 Å². The Labute approximate surface area is 131 Å². The van der Waals surface area contributed by atoms with Crippen LogP contribution in [-0.4, -0.2) is 37.3 Å². The summed E-state index contributed by atoms with van der Waals surface area (Å²) in [7, 11) is 3.22. The van der Waals surface area contributed by atoms with Crippen molar-refractivity contribution in [1.29, 1.82) is 0 Å². The second-order valence-electron chi connectivity index (χ2n) is 4.61. The average molecular weight is 302 g/mol. The van der Waals surface area contributed by atoms with Crippen LogP contribution in [-0.2, 0) is 0 Å². The summed E-state index contributed by atoms with van der Waals surface area (Å²) in [6, 6.07) is 7.50. The zero-order valence-electron chi connectivity index (χ0n) is 13.5. The SMILES string of the molecule is CCN(CC)c1ccnc(Nc2ccc(OC)c(OC)c2)n1. The van der Waals surface area contributed by atoms with Crippen molar-refractivity contribution in [3.8, 4) is 11.5 Å². The van der Waals surface area contributed by atoms with Gasteiger partial charge in [-0.25, -0.2) is 4.98 Å². The fourth-order valence-corrected chi connectivity index (χ4v) is 2.18. The van der Waals surface area contributed by atoms with Crippen LogP contribution in [0.5, 0.6) is 11.5 Å². The summed E-state index contributed by atoms with van der Waals surface area (Å²) in [4.78, 5) is 11.0. The van der Waals surface area contributed by atoms with E-state index in [-0.39, 0.29) is 0 Å². The molecule has 0 saturated heterocycles. The number of rotatable bonds is 7. The quantitative estimate of drug-likeness (QED) is 0.848. The summed E-state index contributed by atoms with van der Waals surface area (Å²) in [5, 5.41) is 3.19. The smallest absolute Gasteiger partial charge is 0.229 e. The van der Waals surface area contributed by atoms with Crippen LogP contribution in [0, 0.1) is 0 Å². The van der Waals surface area contributed by atoms with Gasteiger partial charge in [-0.05, 0) is 32.0 Å². The topological polar surface area (TPSA) is 59.5 Å². The standard InChI is InChI=1S/C16H22N4O2/c1-5-20(6-2)15-9-10-17-16(19-15)18-12-7-8-13(21-3)14(11-12)22-4/h7-11H,5-6H2,1-4H3,(H,17,18,19). The van der Waals surface area contributed by atoms with Gasteiger partial charge in [0.2, 0.25) is 5.95 Å². The van der Waals surface area contributed by atoms with E-state index in [1.165, 1.54) is 0 Å². The van der Waals surface area contributed by atoms with Gasteiger partial charge in [-0.2, -0.15) is 4.98 Å². The zero-order chi connectivity index (χ0) is 15.9. The first-order valence-corrected chi connectivity index (χ1v) is 7.28. The van der Waals surface area contributed by atoms with Crippen molar-refractivity contribution in [2.75, 3.05) is 37.5 Å². The number of ether oxygens (including phenoxy) is 2. The van der Waals surface area contributed by atoms with E-state index >= 15 is 0 Å². The average Bonchev–Trinajstić information content (AvgIpc) is 2.56. The molecule has 0 saturated carbocycles. The molecule has 0 spiro atoms. The maximum absolute atomic E-state index is 5.30. The number of benzene rings is 1. The van der Waals surface area contributed by atoms with Crippen molar-refractivity contribution < 1.29 is 9.47 Å². The van der Waals surface area contributed by atoms with Gasteiger partial charge in [-0.15, -0.1) is 0 Å². The summed E-state index contributed by atoms with van der Waals surface area (Å²) >= 11 is 0. The highest BCUT2D eigenvalue weighted by Gasteiger charge is 2.08. The molecule has 1 N–H and O–H groups in total. The number of hydrogen-bond donors (Lipinski definition) is 1. The maximum atomic E-state index is 5.30. The number of aromatic nitrogens is 2. The third-order valence-electron chi connectivity index (χ3n) is 3.37. The molecule has 0 aliphatic carbocycles. The molecule has 22 heavy (non-hydrogen) atoms. The van der Waals surface area contributed by atoms with Gasteiger partial charge in [0, 0.05) is 31.0 Å². The molecule has 0 unspecified atom stereocenters.